The molecule has 0 spiro atoms. The van der Waals surface area contributed by atoms with Gasteiger partial charge in [-0.3, -0.25) is 14.9 Å². The van der Waals surface area contributed by atoms with Gasteiger partial charge in [0.05, 0.1) is 4.91 Å². The summed E-state index contributed by atoms with van der Waals surface area (Å²) in [6.07, 6.45) is 1.69. The van der Waals surface area contributed by atoms with Crippen molar-refractivity contribution in [2.24, 2.45) is 5.10 Å². The van der Waals surface area contributed by atoms with Gasteiger partial charge in [-0.05, 0) is 41.6 Å². The van der Waals surface area contributed by atoms with Crippen LogP contribution in [0.4, 0.5) is 4.39 Å². The van der Waals surface area contributed by atoms with E-state index in [9.17, 15) is 14.0 Å². The van der Waals surface area contributed by atoms with Gasteiger partial charge < -0.3 is 4.74 Å². The number of benzene rings is 2. The molecule has 0 unspecified atom stereocenters. The largest absolute Gasteiger partial charge is 0.488 e. The van der Waals surface area contributed by atoms with Crippen LogP contribution in [0.1, 0.15) is 18.1 Å². The number of amidine groups is 1. The zero-order valence-electron chi connectivity index (χ0n) is 14.4. The van der Waals surface area contributed by atoms with Crippen molar-refractivity contribution in [2.45, 2.75) is 13.5 Å². The highest BCUT2D eigenvalue weighted by atomic mass is 32.2. The molecule has 2 amide bonds. The van der Waals surface area contributed by atoms with Crippen molar-refractivity contribution in [2.75, 3.05) is 0 Å². The summed E-state index contributed by atoms with van der Waals surface area (Å²) in [6, 6.07) is 13.3. The minimum atomic E-state index is -0.325. The molecular formula is C19H16FN3O3S. The number of carbonyl (C=O) groups is 2. The maximum Gasteiger partial charge on any atom is 0.264 e. The van der Waals surface area contributed by atoms with Gasteiger partial charge in [-0.1, -0.05) is 30.3 Å². The number of thioether (sulfide) groups is 1. The molecule has 1 heterocycles. The number of para-hydroxylation sites is 1. The summed E-state index contributed by atoms with van der Waals surface area (Å²) in [5.74, 6) is -0.341. The molecule has 8 heteroatoms. The first kappa shape index (κ1) is 18.7. The molecule has 0 bridgehead atoms. The van der Waals surface area contributed by atoms with Crippen molar-refractivity contribution in [1.82, 2.24) is 10.7 Å². The van der Waals surface area contributed by atoms with Crippen LogP contribution in [0, 0.1) is 5.82 Å². The summed E-state index contributed by atoms with van der Waals surface area (Å²) < 4.78 is 18.8. The predicted molar refractivity (Wildman–Crippen MR) is 102 cm³/mol. The molecule has 6 nitrogen and oxygen atoms in total. The van der Waals surface area contributed by atoms with E-state index in [1.54, 1.807) is 24.3 Å². The van der Waals surface area contributed by atoms with Gasteiger partial charge in [0.2, 0.25) is 5.91 Å². The molecule has 1 aliphatic rings. The Morgan fingerprint density at radius 3 is 2.74 bits per heavy atom. The van der Waals surface area contributed by atoms with Crippen molar-refractivity contribution < 1.29 is 18.7 Å². The molecule has 2 N–H and O–H groups in total. The molecule has 2 aromatic rings. The topological polar surface area (TPSA) is 79.8 Å². The monoisotopic (exact) mass is 385 g/mol. The van der Waals surface area contributed by atoms with Crippen LogP contribution in [0.15, 0.2) is 58.5 Å². The molecule has 2 aromatic carbocycles. The van der Waals surface area contributed by atoms with Crippen LogP contribution in [0.2, 0.25) is 0 Å². The standard InChI is InChI=1S/C19H16FN3O3S/c1-12(24)22-23-19-21-18(25)17(27-19)10-14-4-2-3-5-16(14)26-11-13-6-8-15(20)9-7-13/h2-10H,11H2,1H3,(H,22,24)(H,21,23,25). The van der Waals surface area contributed by atoms with E-state index in [-0.39, 0.29) is 24.2 Å². The molecular weight excluding hydrogens is 369 g/mol. The van der Waals surface area contributed by atoms with E-state index in [2.05, 4.69) is 15.8 Å². The number of hydrogen-bond donors (Lipinski definition) is 2. The smallest absolute Gasteiger partial charge is 0.264 e. The van der Waals surface area contributed by atoms with E-state index < -0.39 is 0 Å². The molecule has 138 valence electrons. The second-order valence-electron chi connectivity index (χ2n) is 5.60. The second kappa shape index (κ2) is 8.50. The highest BCUT2D eigenvalue weighted by Crippen LogP contribution is 2.29. The summed E-state index contributed by atoms with van der Waals surface area (Å²) in [7, 11) is 0. The predicted octanol–water partition coefficient (Wildman–Crippen LogP) is 3.02. The molecule has 1 saturated heterocycles. The third-order valence-corrected chi connectivity index (χ3v) is 4.39. The van der Waals surface area contributed by atoms with Gasteiger partial charge in [0, 0.05) is 12.5 Å². The molecule has 0 aliphatic carbocycles. The van der Waals surface area contributed by atoms with Crippen molar-refractivity contribution in [3.05, 3.63) is 70.4 Å². The lowest BCUT2D eigenvalue weighted by Crippen LogP contribution is -2.23. The number of ether oxygens (including phenoxy) is 1. The highest BCUT2D eigenvalue weighted by Gasteiger charge is 2.24. The van der Waals surface area contributed by atoms with Gasteiger partial charge in [0.15, 0.2) is 5.17 Å². The van der Waals surface area contributed by atoms with Crippen molar-refractivity contribution in [3.63, 3.8) is 0 Å². The average molecular weight is 385 g/mol. The first-order valence-corrected chi connectivity index (χ1v) is 8.84. The van der Waals surface area contributed by atoms with E-state index in [4.69, 9.17) is 4.74 Å². The molecule has 1 aliphatic heterocycles. The van der Waals surface area contributed by atoms with Crippen LogP contribution in [-0.4, -0.2) is 17.0 Å². The molecule has 0 radical (unpaired) electrons. The summed E-state index contributed by atoms with van der Waals surface area (Å²) in [6.45, 7) is 1.60. The molecule has 0 saturated carbocycles. The summed E-state index contributed by atoms with van der Waals surface area (Å²) in [4.78, 5) is 23.4. The lowest BCUT2D eigenvalue weighted by Gasteiger charge is -2.09. The minimum absolute atomic E-state index is 0.273. The Hall–Kier alpha value is -3.13. The summed E-state index contributed by atoms with van der Waals surface area (Å²) >= 11 is 1.12. The van der Waals surface area contributed by atoms with E-state index in [0.29, 0.717) is 15.8 Å². The van der Waals surface area contributed by atoms with Gasteiger partial charge in [0.25, 0.3) is 5.91 Å². The number of amides is 2. The van der Waals surface area contributed by atoms with Gasteiger partial charge >= 0.3 is 0 Å². The van der Waals surface area contributed by atoms with Crippen LogP contribution >= 0.6 is 11.8 Å². The zero-order valence-corrected chi connectivity index (χ0v) is 15.2. The van der Waals surface area contributed by atoms with Crippen LogP contribution in [0.3, 0.4) is 0 Å². The fourth-order valence-corrected chi connectivity index (χ4v) is 3.00. The first-order valence-electron chi connectivity index (χ1n) is 8.03. The van der Waals surface area contributed by atoms with E-state index >= 15 is 0 Å². The first-order chi connectivity index (χ1) is 13.0. The number of nitrogens with zero attached hydrogens (tertiary/aromatic N) is 1. The third-order valence-electron chi connectivity index (χ3n) is 3.48. The van der Waals surface area contributed by atoms with Crippen LogP contribution in [0.5, 0.6) is 5.75 Å². The van der Waals surface area contributed by atoms with Crippen molar-refractivity contribution in [3.8, 4) is 5.75 Å². The number of nitrogens with one attached hydrogen (secondary N) is 2. The summed E-state index contributed by atoms with van der Waals surface area (Å²) in [5.41, 5.74) is 3.83. The fraction of sp³-hybridized carbons (Fsp3) is 0.105. The minimum Gasteiger partial charge on any atom is -0.488 e. The van der Waals surface area contributed by atoms with E-state index in [1.807, 2.05) is 18.2 Å². The molecule has 0 atom stereocenters. The van der Waals surface area contributed by atoms with Crippen molar-refractivity contribution >= 4 is 34.8 Å². The fourth-order valence-electron chi connectivity index (χ4n) is 2.22. The molecule has 1 fully saturated rings. The van der Waals surface area contributed by atoms with E-state index in [0.717, 1.165) is 22.9 Å². The van der Waals surface area contributed by atoms with E-state index in [1.165, 1.54) is 19.1 Å². The Labute approximate surface area is 159 Å². The molecule has 27 heavy (non-hydrogen) atoms. The number of rotatable bonds is 5. The average Bonchev–Trinajstić information content (AvgIpc) is 3.00. The Morgan fingerprint density at radius 2 is 2.00 bits per heavy atom. The van der Waals surface area contributed by atoms with Gasteiger partial charge in [0.1, 0.15) is 18.2 Å². The lowest BCUT2D eigenvalue weighted by molar-refractivity contribution is -0.119. The van der Waals surface area contributed by atoms with Gasteiger partial charge in [-0.25, -0.2) is 9.82 Å². The number of hydrazone groups is 1. The third kappa shape index (κ3) is 5.18. The SMILES string of the molecule is CC(=O)N/N=C1/NC(=O)C(=Cc2ccccc2OCc2ccc(F)cc2)S1. The van der Waals surface area contributed by atoms with Crippen molar-refractivity contribution in [1.29, 1.82) is 0 Å². The van der Waals surface area contributed by atoms with Gasteiger partial charge in [-0.15, -0.1) is 5.10 Å². The Kier molecular flexibility index (Phi) is 5.87. The summed E-state index contributed by atoms with van der Waals surface area (Å²) in [5, 5.41) is 6.69. The molecule has 3 rings (SSSR count). The maximum atomic E-state index is 13.0. The normalized spacial score (nSPS) is 16.4. The Morgan fingerprint density at radius 1 is 1.26 bits per heavy atom. The van der Waals surface area contributed by atoms with Gasteiger partial charge in [-0.2, -0.15) is 0 Å². The highest BCUT2D eigenvalue weighted by molar-refractivity contribution is 8.18. The Bertz CT molecular complexity index is 926. The number of carbonyl (C=O) groups excluding carboxylic acids is 2. The van der Waals surface area contributed by atoms with Crippen LogP contribution in [-0.2, 0) is 16.2 Å². The number of hydrogen-bond acceptors (Lipinski definition) is 5. The maximum absolute atomic E-state index is 13.0. The zero-order chi connectivity index (χ0) is 19.2. The Balaban J connectivity index is 1.74. The quantitative estimate of drug-likeness (QED) is 0.613. The van der Waals surface area contributed by atoms with Crippen LogP contribution in [0.25, 0.3) is 6.08 Å². The lowest BCUT2D eigenvalue weighted by atomic mass is 10.2. The second-order valence-corrected chi connectivity index (χ2v) is 6.63. The molecule has 0 aromatic heterocycles. The number of halogens is 1. The van der Waals surface area contributed by atoms with Crippen LogP contribution < -0.4 is 15.5 Å².